The minimum atomic E-state index is -0.797. The average molecular weight is 233 g/mol. The van der Waals surface area contributed by atoms with E-state index in [0.29, 0.717) is 0 Å². The molecule has 86 valence electrons. The Balaban J connectivity index is 2.83. The summed E-state index contributed by atoms with van der Waals surface area (Å²) in [7, 11) is 0. The number of hydrogen-bond donors (Lipinski definition) is 2. The number of aliphatic hydroxyl groups is 2. The van der Waals surface area contributed by atoms with Crippen molar-refractivity contribution < 1.29 is 14.9 Å². The summed E-state index contributed by atoms with van der Waals surface area (Å²) in [5, 5.41) is 22.4. The van der Waals surface area contributed by atoms with Crippen molar-refractivity contribution in [3.05, 3.63) is 10.4 Å². The molecule has 1 saturated heterocycles. The minimum absolute atomic E-state index is 0.218. The maximum Gasteiger partial charge on any atom is 0.112 e. The van der Waals surface area contributed by atoms with Crippen molar-refractivity contribution in [2.45, 2.75) is 30.6 Å². The highest BCUT2D eigenvalue weighted by molar-refractivity contribution is 7.99. The molecule has 1 aliphatic heterocycles. The predicted molar refractivity (Wildman–Crippen MR) is 57.4 cm³/mol. The summed E-state index contributed by atoms with van der Waals surface area (Å²) >= 11 is 1.41. The van der Waals surface area contributed by atoms with E-state index in [9.17, 15) is 5.11 Å². The molecule has 0 aromatic rings. The van der Waals surface area contributed by atoms with Gasteiger partial charge in [-0.2, -0.15) is 0 Å². The van der Waals surface area contributed by atoms with Crippen LogP contribution in [0, 0.1) is 5.92 Å². The summed E-state index contributed by atoms with van der Waals surface area (Å²) in [5.41, 5.74) is 8.11. The van der Waals surface area contributed by atoms with Gasteiger partial charge >= 0.3 is 0 Å². The molecule has 5 atom stereocenters. The lowest BCUT2D eigenvalue weighted by Gasteiger charge is -2.40. The van der Waals surface area contributed by atoms with Crippen LogP contribution in [0.4, 0.5) is 0 Å². The molecule has 0 aliphatic carbocycles. The first kappa shape index (κ1) is 12.6. The highest BCUT2D eigenvalue weighted by Crippen LogP contribution is 2.32. The third-order valence-corrected chi connectivity index (χ3v) is 3.50. The Bertz CT molecular complexity index is 258. The molecule has 2 N–H and O–H groups in total. The van der Waals surface area contributed by atoms with E-state index in [1.807, 2.05) is 6.26 Å². The standard InChI is InChI=1S/C8H15N3O3S/c1-4-6(10-11-9)8(15-2)14-5(3-12)7(4)13/h4-8,12-13H,3H2,1-2H3/t4-,5?,6?,7-,8+/m1/s1. The maximum absolute atomic E-state index is 9.77. The van der Waals surface area contributed by atoms with Crippen LogP contribution in [0.15, 0.2) is 5.11 Å². The molecular weight excluding hydrogens is 218 g/mol. The van der Waals surface area contributed by atoms with Gasteiger partial charge in [0, 0.05) is 4.91 Å². The molecule has 1 heterocycles. The van der Waals surface area contributed by atoms with Crippen molar-refractivity contribution in [2.24, 2.45) is 11.0 Å². The molecule has 15 heavy (non-hydrogen) atoms. The highest BCUT2D eigenvalue weighted by atomic mass is 32.2. The monoisotopic (exact) mass is 233 g/mol. The summed E-state index contributed by atoms with van der Waals surface area (Å²) in [6, 6.07) is -0.400. The first-order valence-corrected chi connectivity index (χ1v) is 5.95. The molecule has 0 saturated carbocycles. The first-order valence-electron chi connectivity index (χ1n) is 4.67. The second-order valence-corrected chi connectivity index (χ2v) is 4.44. The van der Waals surface area contributed by atoms with Crippen LogP contribution < -0.4 is 0 Å². The zero-order valence-electron chi connectivity index (χ0n) is 8.65. The molecule has 2 unspecified atom stereocenters. The van der Waals surface area contributed by atoms with Crippen molar-refractivity contribution in [1.29, 1.82) is 0 Å². The summed E-state index contributed by atoms with van der Waals surface area (Å²) in [5.74, 6) is -0.218. The Hall–Kier alpha value is -0.460. The van der Waals surface area contributed by atoms with E-state index in [-0.39, 0.29) is 18.0 Å². The Morgan fingerprint density at radius 2 is 2.27 bits per heavy atom. The number of hydrogen-bond acceptors (Lipinski definition) is 5. The van der Waals surface area contributed by atoms with E-state index in [0.717, 1.165) is 0 Å². The number of thioether (sulfide) groups is 1. The molecule has 1 fully saturated rings. The predicted octanol–water partition coefficient (Wildman–Crippen LogP) is 0.742. The summed E-state index contributed by atoms with van der Waals surface area (Å²) in [4.78, 5) is 2.75. The van der Waals surface area contributed by atoms with E-state index in [1.54, 1.807) is 6.92 Å². The third kappa shape index (κ3) is 2.56. The molecule has 1 aliphatic rings. The van der Waals surface area contributed by atoms with E-state index < -0.39 is 18.2 Å². The van der Waals surface area contributed by atoms with Gasteiger partial charge in [0.25, 0.3) is 0 Å². The molecular formula is C8H15N3O3S. The second kappa shape index (κ2) is 5.58. The van der Waals surface area contributed by atoms with Crippen LogP contribution in [0.25, 0.3) is 10.4 Å². The largest absolute Gasteiger partial charge is 0.394 e. The Morgan fingerprint density at radius 1 is 1.60 bits per heavy atom. The van der Waals surface area contributed by atoms with E-state index in [2.05, 4.69) is 10.0 Å². The molecule has 6 nitrogen and oxygen atoms in total. The van der Waals surface area contributed by atoms with Crippen molar-refractivity contribution in [3.63, 3.8) is 0 Å². The Morgan fingerprint density at radius 3 is 2.73 bits per heavy atom. The van der Waals surface area contributed by atoms with E-state index in [4.69, 9.17) is 15.4 Å². The van der Waals surface area contributed by atoms with Crippen molar-refractivity contribution >= 4 is 11.8 Å². The van der Waals surface area contributed by atoms with Gasteiger partial charge in [-0.1, -0.05) is 12.0 Å². The van der Waals surface area contributed by atoms with Gasteiger partial charge < -0.3 is 14.9 Å². The fourth-order valence-corrected chi connectivity index (χ4v) is 2.52. The fourth-order valence-electron chi connectivity index (χ4n) is 1.69. The van der Waals surface area contributed by atoms with E-state index in [1.165, 1.54) is 11.8 Å². The van der Waals surface area contributed by atoms with Crippen molar-refractivity contribution in [1.82, 2.24) is 0 Å². The second-order valence-electron chi connectivity index (χ2n) is 3.51. The molecule has 0 aromatic carbocycles. The smallest absolute Gasteiger partial charge is 0.112 e. The number of aliphatic hydroxyl groups excluding tert-OH is 2. The van der Waals surface area contributed by atoms with Crippen LogP contribution in [0.2, 0.25) is 0 Å². The van der Waals surface area contributed by atoms with Crippen molar-refractivity contribution in [2.75, 3.05) is 12.9 Å². The van der Waals surface area contributed by atoms with Crippen LogP contribution in [-0.4, -0.2) is 46.8 Å². The molecule has 0 amide bonds. The van der Waals surface area contributed by atoms with Gasteiger partial charge in [0.2, 0.25) is 0 Å². The SMILES string of the molecule is CS[C@@H]1OC(CO)[C@H](O)[C@H](C)C1N=[N+]=[N-]. The topological polar surface area (TPSA) is 98.5 Å². The molecule has 0 spiro atoms. The average Bonchev–Trinajstić information content (AvgIpc) is 2.25. The number of nitrogens with zero attached hydrogens (tertiary/aromatic N) is 3. The molecule has 1 rings (SSSR count). The van der Waals surface area contributed by atoms with Gasteiger partial charge in [0.1, 0.15) is 11.5 Å². The van der Waals surface area contributed by atoms with E-state index >= 15 is 0 Å². The first-order chi connectivity index (χ1) is 7.15. The van der Waals surface area contributed by atoms with Gasteiger partial charge in [0.05, 0.1) is 18.8 Å². The van der Waals surface area contributed by atoms with Gasteiger partial charge in [-0.05, 0) is 17.7 Å². The summed E-state index contributed by atoms with van der Waals surface area (Å²) < 4.78 is 5.43. The minimum Gasteiger partial charge on any atom is -0.394 e. The van der Waals surface area contributed by atoms with Gasteiger partial charge in [-0.25, -0.2) is 0 Å². The normalized spacial score (nSPS) is 40.9. The number of rotatable bonds is 3. The molecule has 0 bridgehead atoms. The van der Waals surface area contributed by atoms with Crippen LogP contribution in [0.1, 0.15) is 6.92 Å². The van der Waals surface area contributed by atoms with Crippen LogP contribution in [0.5, 0.6) is 0 Å². The zero-order chi connectivity index (χ0) is 11.4. The lowest BCUT2D eigenvalue weighted by Crippen LogP contribution is -2.52. The van der Waals surface area contributed by atoms with Crippen molar-refractivity contribution in [3.8, 4) is 0 Å². The van der Waals surface area contributed by atoms with Gasteiger partial charge in [-0.3, -0.25) is 0 Å². The third-order valence-electron chi connectivity index (χ3n) is 2.64. The number of ether oxygens (including phenoxy) is 1. The summed E-state index contributed by atoms with van der Waals surface area (Å²) in [6.45, 7) is 1.56. The zero-order valence-corrected chi connectivity index (χ0v) is 9.46. The Kier molecular flexibility index (Phi) is 4.69. The van der Waals surface area contributed by atoms with Gasteiger partial charge in [-0.15, -0.1) is 11.8 Å². The summed E-state index contributed by atoms with van der Waals surface area (Å²) in [6.07, 6.45) is 0.445. The Labute approximate surface area is 92.2 Å². The van der Waals surface area contributed by atoms with Crippen LogP contribution >= 0.6 is 11.8 Å². The van der Waals surface area contributed by atoms with Crippen LogP contribution in [-0.2, 0) is 4.74 Å². The lowest BCUT2D eigenvalue weighted by atomic mass is 9.90. The maximum atomic E-state index is 9.77. The number of azide groups is 1. The molecule has 0 aromatic heterocycles. The quantitative estimate of drug-likeness (QED) is 0.426. The van der Waals surface area contributed by atoms with Crippen LogP contribution in [0.3, 0.4) is 0 Å². The fraction of sp³-hybridized carbons (Fsp3) is 1.00. The molecule has 0 radical (unpaired) electrons. The highest BCUT2D eigenvalue weighted by Gasteiger charge is 2.41. The van der Waals surface area contributed by atoms with Gasteiger partial charge in [0.15, 0.2) is 0 Å². The molecule has 7 heteroatoms. The lowest BCUT2D eigenvalue weighted by molar-refractivity contribution is -0.137.